The molecule has 0 saturated heterocycles. The van der Waals surface area contributed by atoms with E-state index in [9.17, 15) is 9.00 Å². The molecule has 0 aromatic rings. The molecule has 0 aromatic heterocycles. The van der Waals surface area contributed by atoms with Gasteiger partial charge in [-0.2, -0.15) is 4.21 Å². The summed E-state index contributed by atoms with van der Waals surface area (Å²) in [7, 11) is -3.75. The highest BCUT2D eigenvalue weighted by Crippen LogP contribution is 2.12. The quantitative estimate of drug-likeness (QED) is 0.255. The highest BCUT2D eigenvalue weighted by atomic mass is 32.9. The summed E-state index contributed by atoms with van der Waals surface area (Å²) in [6, 6.07) is 0. The van der Waals surface area contributed by atoms with E-state index in [4.69, 9.17) is 9.29 Å². The minimum absolute atomic E-state index is 0.324. The SMILES string of the molecule is CCCCCCCCCCCCCCCCOC(=O)COS(=O)(O)=S. The van der Waals surface area contributed by atoms with Crippen molar-refractivity contribution in [2.45, 2.75) is 96.8 Å². The average Bonchev–Trinajstić information content (AvgIpc) is 2.56. The second kappa shape index (κ2) is 17.2. The van der Waals surface area contributed by atoms with Crippen molar-refractivity contribution in [2.75, 3.05) is 13.2 Å². The van der Waals surface area contributed by atoms with Crippen LogP contribution in [-0.2, 0) is 34.0 Å². The second-order valence-corrected chi connectivity index (χ2v) is 8.86. The van der Waals surface area contributed by atoms with Crippen LogP contribution in [0.3, 0.4) is 0 Å². The molecule has 0 bridgehead atoms. The lowest BCUT2D eigenvalue weighted by molar-refractivity contribution is -0.146. The number of ether oxygens (including phenoxy) is 1. The second-order valence-electron chi connectivity index (χ2n) is 6.51. The Morgan fingerprint density at radius 2 is 1.24 bits per heavy atom. The van der Waals surface area contributed by atoms with Crippen LogP contribution in [-0.4, -0.2) is 27.9 Å². The van der Waals surface area contributed by atoms with Gasteiger partial charge in [-0.05, 0) is 6.42 Å². The van der Waals surface area contributed by atoms with Crippen molar-refractivity contribution in [3.8, 4) is 0 Å². The Morgan fingerprint density at radius 1 is 0.840 bits per heavy atom. The van der Waals surface area contributed by atoms with E-state index in [1.54, 1.807) is 0 Å². The van der Waals surface area contributed by atoms with E-state index in [0.29, 0.717) is 6.61 Å². The molecule has 150 valence electrons. The minimum atomic E-state index is -3.75. The van der Waals surface area contributed by atoms with E-state index in [0.717, 1.165) is 19.3 Å². The Morgan fingerprint density at radius 3 is 1.64 bits per heavy atom. The Balaban J connectivity index is 3.17. The number of esters is 1. The molecule has 0 fully saturated rings. The third-order valence-corrected chi connectivity index (χ3v) is 4.79. The molecular formula is C18H36O5S2. The number of hydrogen-bond acceptors (Lipinski definition) is 5. The lowest BCUT2D eigenvalue weighted by atomic mass is 10.0. The van der Waals surface area contributed by atoms with Crippen LogP contribution in [0.5, 0.6) is 0 Å². The number of hydrogen-bond donors (Lipinski definition) is 1. The van der Waals surface area contributed by atoms with E-state index in [-0.39, 0.29) is 0 Å². The third kappa shape index (κ3) is 21.7. The van der Waals surface area contributed by atoms with Crippen LogP contribution in [0.4, 0.5) is 0 Å². The fourth-order valence-electron chi connectivity index (χ4n) is 2.65. The predicted molar refractivity (Wildman–Crippen MR) is 105 cm³/mol. The van der Waals surface area contributed by atoms with Crippen LogP contribution in [0, 0.1) is 0 Å². The molecular weight excluding hydrogens is 360 g/mol. The summed E-state index contributed by atoms with van der Waals surface area (Å²) in [5, 5.41) is 0. The first-order valence-corrected chi connectivity index (χ1v) is 12.1. The largest absolute Gasteiger partial charge is 0.464 e. The van der Waals surface area contributed by atoms with Gasteiger partial charge >= 0.3 is 5.97 Å². The first-order valence-electron chi connectivity index (χ1n) is 9.73. The minimum Gasteiger partial charge on any atom is -0.464 e. The molecule has 0 aliphatic rings. The summed E-state index contributed by atoms with van der Waals surface area (Å²) in [6.07, 6.45) is 17.8. The molecule has 25 heavy (non-hydrogen) atoms. The van der Waals surface area contributed by atoms with Gasteiger partial charge in [0.15, 0.2) is 6.61 Å². The lowest BCUT2D eigenvalue weighted by Crippen LogP contribution is -2.16. The molecule has 1 N–H and O–H groups in total. The Labute approximate surface area is 158 Å². The molecule has 0 rings (SSSR count). The topological polar surface area (TPSA) is 72.8 Å². The van der Waals surface area contributed by atoms with Crippen molar-refractivity contribution in [3.05, 3.63) is 0 Å². The maximum absolute atomic E-state index is 11.2. The first-order chi connectivity index (χ1) is 12.0. The number of rotatable bonds is 18. The van der Waals surface area contributed by atoms with Crippen molar-refractivity contribution in [1.82, 2.24) is 0 Å². The molecule has 0 aliphatic carbocycles. The molecule has 0 aliphatic heterocycles. The van der Waals surface area contributed by atoms with E-state index in [1.807, 2.05) is 0 Å². The van der Waals surface area contributed by atoms with Gasteiger partial charge in [0.1, 0.15) is 0 Å². The highest BCUT2D eigenvalue weighted by Gasteiger charge is 2.07. The van der Waals surface area contributed by atoms with Crippen LogP contribution in [0.25, 0.3) is 0 Å². The van der Waals surface area contributed by atoms with Crippen LogP contribution >= 0.6 is 0 Å². The third-order valence-electron chi connectivity index (χ3n) is 4.09. The van der Waals surface area contributed by atoms with Gasteiger partial charge in [0.05, 0.1) is 6.61 Å². The van der Waals surface area contributed by atoms with Gasteiger partial charge < -0.3 is 4.74 Å². The summed E-state index contributed by atoms with van der Waals surface area (Å²) >= 11 is 4.11. The zero-order valence-corrected chi connectivity index (χ0v) is 17.3. The molecule has 0 aromatic carbocycles. The zero-order chi connectivity index (χ0) is 18.8. The number of unbranched alkanes of at least 4 members (excludes halogenated alkanes) is 13. The van der Waals surface area contributed by atoms with E-state index >= 15 is 0 Å². The molecule has 0 spiro atoms. The molecule has 1 atom stereocenters. The average molecular weight is 397 g/mol. The molecule has 0 saturated carbocycles. The van der Waals surface area contributed by atoms with Crippen molar-refractivity contribution in [3.63, 3.8) is 0 Å². The van der Waals surface area contributed by atoms with Gasteiger partial charge in [0.25, 0.3) is 9.05 Å². The standard InChI is InChI=1S/C18H36O5S2/c1-2-3-4-5-6-7-8-9-10-11-12-13-14-15-16-22-18(19)17-23-25(20,21)24/h2-17H2,1H3,(H,20,21,24). The Hall–Kier alpha value is -0.240. The van der Waals surface area contributed by atoms with Crippen molar-refractivity contribution >= 4 is 26.2 Å². The van der Waals surface area contributed by atoms with E-state index < -0.39 is 21.6 Å². The van der Waals surface area contributed by atoms with Crippen LogP contribution in [0.1, 0.15) is 96.8 Å². The van der Waals surface area contributed by atoms with Gasteiger partial charge in [-0.1, -0.05) is 90.4 Å². The fraction of sp³-hybridized carbons (Fsp3) is 0.944. The first kappa shape index (κ1) is 24.8. The van der Waals surface area contributed by atoms with Gasteiger partial charge in [-0.15, -0.1) is 0 Å². The Kier molecular flexibility index (Phi) is 17.0. The van der Waals surface area contributed by atoms with E-state index in [2.05, 4.69) is 22.3 Å². The van der Waals surface area contributed by atoms with Gasteiger partial charge in [0.2, 0.25) is 0 Å². The fourth-order valence-corrected chi connectivity index (χ4v) is 3.04. The van der Waals surface area contributed by atoms with Crippen LogP contribution < -0.4 is 0 Å². The lowest BCUT2D eigenvalue weighted by Gasteiger charge is -2.05. The van der Waals surface area contributed by atoms with Gasteiger partial charge in [-0.25, -0.2) is 4.79 Å². The zero-order valence-electron chi connectivity index (χ0n) is 15.7. The van der Waals surface area contributed by atoms with Gasteiger partial charge in [-0.3, -0.25) is 8.74 Å². The maximum atomic E-state index is 11.2. The summed E-state index contributed by atoms with van der Waals surface area (Å²) in [6.45, 7) is 2.00. The normalized spacial score (nSPS) is 13.5. The number of carbonyl (C=O) groups is 1. The molecule has 0 amide bonds. The monoisotopic (exact) mass is 396 g/mol. The molecule has 0 heterocycles. The summed E-state index contributed by atoms with van der Waals surface area (Å²) in [5.41, 5.74) is 0. The van der Waals surface area contributed by atoms with Crippen molar-refractivity contribution in [2.24, 2.45) is 0 Å². The van der Waals surface area contributed by atoms with E-state index in [1.165, 1.54) is 70.6 Å². The van der Waals surface area contributed by atoms with Crippen LogP contribution in [0.15, 0.2) is 0 Å². The molecule has 1 unspecified atom stereocenters. The van der Waals surface area contributed by atoms with Crippen molar-refractivity contribution in [1.29, 1.82) is 0 Å². The van der Waals surface area contributed by atoms with Crippen molar-refractivity contribution < 1.29 is 22.5 Å². The van der Waals surface area contributed by atoms with Crippen LogP contribution in [0.2, 0.25) is 0 Å². The molecule has 0 radical (unpaired) electrons. The smallest absolute Gasteiger partial charge is 0.333 e. The summed E-state index contributed by atoms with van der Waals surface area (Å²) in [4.78, 5) is 11.2. The maximum Gasteiger partial charge on any atom is 0.333 e. The summed E-state index contributed by atoms with van der Waals surface area (Å²) < 4.78 is 28.5. The summed E-state index contributed by atoms with van der Waals surface area (Å²) in [5.74, 6) is -0.652. The van der Waals surface area contributed by atoms with Gasteiger partial charge in [0, 0.05) is 11.2 Å². The Bertz CT molecular complexity index is 410. The highest BCUT2D eigenvalue weighted by molar-refractivity contribution is 8.27. The number of carbonyl (C=O) groups excluding carboxylic acids is 1. The molecule has 5 nitrogen and oxygen atoms in total. The predicted octanol–water partition coefficient (Wildman–Crippen LogP) is 5.16. The molecule has 7 heteroatoms.